The van der Waals surface area contributed by atoms with Gasteiger partial charge in [-0.05, 0) is 40.2 Å². The van der Waals surface area contributed by atoms with E-state index in [1.807, 2.05) is 11.4 Å². The van der Waals surface area contributed by atoms with Crippen molar-refractivity contribution in [2.75, 3.05) is 7.11 Å². The number of thiophene rings is 1. The fraction of sp³-hybridized carbons (Fsp3) is 0.500. The molecule has 15 heavy (non-hydrogen) atoms. The summed E-state index contributed by atoms with van der Waals surface area (Å²) in [5.41, 5.74) is 0. The highest BCUT2D eigenvalue weighted by molar-refractivity contribution is 9.10. The lowest BCUT2D eigenvalue weighted by Crippen LogP contribution is -2.47. The molecule has 1 aliphatic rings. The van der Waals surface area contributed by atoms with Crippen LogP contribution in [0, 0.1) is 0 Å². The van der Waals surface area contributed by atoms with Gasteiger partial charge in [0, 0.05) is 17.6 Å². The van der Waals surface area contributed by atoms with Gasteiger partial charge >= 0.3 is 0 Å². The van der Waals surface area contributed by atoms with Gasteiger partial charge in [-0.1, -0.05) is 0 Å². The molecule has 5 heteroatoms. The summed E-state index contributed by atoms with van der Waals surface area (Å²) >= 11 is 4.80. The SMILES string of the molecule is COC1CC(NC(=O)c2sccc2Br)C1. The molecule has 0 aromatic carbocycles. The van der Waals surface area contributed by atoms with Gasteiger partial charge in [-0.3, -0.25) is 4.79 Å². The summed E-state index contributed by atoms with van der Waals surface area (Å²) in [6, 6.07) is 2.16. The Morgan fingerprint density at radius 2 is 2.40 bits per heavy atom. The van der Waals surface area contributed by atoms with Crippen LogP contribution < -0.4 is 5.32 Å². The minimum Gasteiger partial charge on any atom is -0.381 e. The Balaban J connectivity index is 1.87. The summed E-state index contributed by atoms with van der Waals surface area (Å²) in [7, 11) is 1.71. The van der Waals surface area contributed by atoms with E-state index in [-0.39, 0.29) is 11.9 Å². The first-order valence-electron chi connectivity index (χ1n) is 4.77. The van der Waals surface area contributed by atoms with Crippen molar-refractivity contribution in [2.24, 2.45) is 0 Å². The van der Waals surface area contributed by atoms with E-state index in [4.69, 9.17) is 4.74 Å². The maximum Gasteiger partial charge on any atom is 0.262 e. The van der Waals surface area contributed by atoms with Crippen molar-refractivity contribution in [2.45, 2.75) is 25.0 Å². The van der Waals surface area contributed by atoms with Crippen LogP contribution in [0.3, 0.4) is 0 Å². The summed E-state index contributed by atoms with van der Waals surface area (Å²) in [6.07, 6.45) is 2.17. The van der Waals surface area contributed by atoms with Crippen molar-refractivity contribution in [1.29, 1.82) is 0 Å². The van der Waals surface area contributed by atoms with Gasteiger partial charge in [0.15, 0.2) is 0 Å². The number of amides is 1. The highest BCUT2D eigenvalue weighted by Gasteiger charge is 2.30. The number of nitrogens with one attached hydrogen (secondary N) is 1. The first kappa shape index (κ1) is 11.1. The molecule has 1 amide bonds. The molecular weight excluding hydrogens is 278 g/mol. The number of hydrogen-bond donors (Lipinski definition) is 1. The lowest BCUT2D eigenvalue weighted by molar-refractivity contribution is 0.0176. The van der Waals surface area contributed by atoms with Crippen LogP contribution in [-0.2, 0) is 4.74 Å². The molecule has 3 nitrogen and oxygen atoms in total. The van der Waals surface area contributed by atoms with E-state index < -0.39 is 0 Å². The van der Waals surface area contributed by atoms with Gasteiger partial charge < -0.3 is 10.1 Å². The van der Waals surface area contributed by atoms with E-state index in [0.29, 0.717) is 6.10 Å². The van der Waals surface area contributed by atoms with Crippen molar-refractivity contribution in [3.63, 3.8) is 0 Å². The van der Waals surface area contributed by atoms with Crippen LogP contribution >= 0.6 is 27.3 Å². The number of carbonyl (C=O) groups excluding carboxylic acids is 1. The maximum absolute atomic E-state index is 11.8. The molecule has 1 fully saturated rings. The summed E-state index contributed by atoms with van der Waals surface area (Å²) in [5, 5.41) is 4.89. The Bertz CT molecular complexity index is 360. The second-order valence-electron chi connectivity index (χ2n) is 3.60. The van der Waals surface area contributed by atoms with Gasteiger partial charge in [-0.15, -0.1) is 11.3 Å². The number of halogens is 1. The Morgan fingerprint density at radius 3 is 2.93 bits per heavy atom. The van der Waals surface area contributed by atoms with Gasteiger partial charge in [-0.25, -0.2) is 0 Å². The van der Waals surface area contributed by atoms with Crippen LogP contribution in [-0.4, -0.2) is 25.2 Å². The maximum atomic E-state index is 11.8. The zero-order valence-electron chi connectivity index (χ0n) is 8.33. The fourth-order valence-electron chi connectivity index (χ4n) is 1.58. The standard InChI is InChI=1S/C10H12BrNO2S/c1-14-7-4-6(5-7)12-10(13)9-8(11)2-3-15-9/h2-3,6-7H,4-5H2,1H3,(H,12,13). The molecule has 0 atom stereocenters. The van der Waals surface area contributed by atoms with Crippen molar-refractivity contribution in [3.05, 3.63) is 20.8 Å². The largest absolute Gasteiger partial charge is 0.381 e. The highest BCUT2D eigenvalue weighted by Crippen LogP contribution is 2.26. The van der Waals surface area contributed by atoms with Crippen LogP contribution in [0.4, 0.5) is 0 Å². The van der Waals surface area contributed by atoms with E-state index in [2.05, 4.69) is 21.2 Å². The average molecular weight is 290 g/mol. The molecule has 0 bridgehead atoms. The summed E-state index contributed by atoms with van der Waals surface area (Å²) < 4.78 is 6.02. The molecule has 0 radical (unpaired) electrons. The van der Waals surface area contributed by atoms with Crippen molar-refractivity contribution in [1.82, 2.24) is 5.32 Å². The lowest BCUT2D eigenvalue weighted by atomic mass is 9.89. The molecule has 2 rings (SSSR count). The molecule has 1 saturated carbocycles. The van der Waals surface area contributed by atoms with E-state index in [1.165, 1.54) is 11.3 Å². The van der Waals surface area contributed by atoms with E-state index in [9.17, 15) is 4.79 Å². The van der Waals surface area contributed by atoms with Gasteiger partial charge in [0.05, 0.1) is 6.10 Å². The van der Waals surface area contributed by atoms with Gasteiger partial charge in [0.25, 0.3) is 5.91 Å². The van der Waals surface area contributed by atoms with Crippen LogP contribution in [0.1, 0.15) is 22.5 Å². The van der Waals surface area contributed by atoms with Crippen molar-refractivity contribution in [3.8, 4) is 0 Å². The van der Waals surface area contributed by atoms with E-state index in [0.717, 1.165) is 22.2 Å². The zero-order valence-corrected chi connectivity index (χ0v) is 10.7. The normalized spacial score (nSPS) is 24.7. The molecule has 1 aromatic rings. The average Bonchev–Trinajstić information content (AvgIpc) is 2.56. The van der Waals surface area contributed by atoms with E-state index >= 15 is 0 Å². The highest BCUT2D eigenvalue weighted by atomic mass is 79.9. The molecule has 1 aliphatic carbocycles. The number of methoxy groups -OCH3 is 1. The Labute approximate surface area is 101 Å². The number of carbonyl (C=O) groups is 1. The summed E-state index contributed by atoms with van der Waals surface area (Å²) in [6.45, 7) is 0. The fourth-order valence-corrected chi connectivity index (χ4v) is 3.04. The Morgan fingerprint density at radius 1 is 1.67 bits per heavy atom. The topological polar surface area (TPSA) is 38.3 Å². The molecule has 0 spiro atoms. The molecule has 82 valence electrons. The Hall–Kier alpha value is -0.390. The molecule has 0 unspecified atom stereocenters. The van der Waals surface area contributed by atoms with Gasteiger partial charge in [0.2, 0.25) is 0 Å². The molecule has 0 aliphatic heterocycles. The predicted molar refractivity (Wildman–Crippen MR) is 63.3 cm³/mol. The van der Waals surface area contributed by atoms with Crippen LogP contribution in [0.15, 0.2) is 15.9 Å². The summed E-state index contributed by atoms with van der Waals surface area (Å²) in [5.74, 6) is 0.0106. The smallest absolute Gasteiger partial charge is 0.262 e. The third-order valence-corrected chi connectivity index (χ3v) is 4.42. The van der Waals surface area contributed by atoms with E-state index in [1.54, 1.807) is 7.11 Å². The monoisotopic (exact) mass is 289 g/mol. The van der Waals surface area contributed by atoms with Crippen LogP contribution in [0.2, 0.25) is 0 Å². The molecule has 1 N–H and O–H groups in total. The van der Waals surface area contributed by atoms with Crippen LogP contribution in [0.25, 0.3) is 0 Å². The molecule has 1 aromatic heterocycles. The summed E-state index contributed by atoms with van der Waals surface area (Å²) in [4.78, 5) is 12.5. The first-order chi connectivity index (χ1) is 7.20. The van der Waals surface area contributed by atoms with Crippen LogP contribution in [0.5, 0.6) is 0 Å². The minimum atomic E-state index is 0.0106. The minimum absolute atomic E-state index is 0.0106. The third kappa shape index (κ3) is 2.41. The lowest BCUT2D eigenvalue weighted by Gasteiger charge is -2.34. The van der Waals surface area contributed by atoms with Gasteiger partial charge in [-0.2, -0.15) is 0 Å². The second-order valence-corrected chi connectivity index (χ2v) is 5.37. The zero-order chi connectivity index (χ0) is 10.8. The van der Waals surface area contributed by atoms with Crippen molar-refractivity contribution < 1.29 is 9.53 Å². The quantitative estimate of drug-likeness (QED) is 0.928. The molecule has 0 saturated heterocycles. The third-order valence-electron chi connectivity index (χ3n) is 2.59. The molecule has 1 heterocycles. The Kier molecular flexibility index (Phi) is 3.43. The number of hydrogen-bond acceptors (Lipinski definition) is 3. The number of ether oxygens (including phenoxy) is 1. The molecular formula is C10H12BrNO2S. The van der Waals surface area contributed by atoms with Gasteiger partial charge in [0.1, 0.15) is 4.88 Å². The number of rotatable bonds is 3. The first-order valence-corrected chi connectivity index (χ1v) is 6.44. The predicted octanol–water partition coefficient (Wildman–Crippen LogP) is 2.42. The second kappa shape index (κ2) is 4.63. The van der Waals surface area contributed by atoms with Crippen molar-refractivity contribution >= 4 is 33.2 Å².